The summed E-state index contributed by atoms with van der Waals surface area (Å²) in [6.07, 6.45) is 4.12. The van der Waals surface area contributed by atoms with Gasteiger partial charge >= 0.3 is 5.97 Å². The summed E-state index contributed by atoms with van der Waals surface area (Å²) in [7, 11) is 0. The van der Waals surface area contributed by atoms with Crippen molar-refractivity contribution in [1.29, 1.82) is 5.26 Å². The Morgan fingerprint density at radius 3 is 2.70 bits per heavy atom. The third-order valence-electron chi connectivity index (χ3n) is 3.68. The normalized spacial score (nSPS) is 10.3. The Bertz CT molecular complexity index is 824. The van der Waals surface area contributed by atoms with Crippen molar-refractivity contribution in [2.45, 2.75) is 37.6 Å². The molecule has 0 aliphatic heterocycles. The predicted molar refractivity (Wildman–Crippen MR) is 101 cm³/mol. The molecule has 1 amide bonds. The van der Waals surface area contributed by atoms with Crippen LogP contribution in [-0.4, -0.2) is 29.7 Å². The first-order chi connectivity index (χ1) is 13.1. The highest BCUT2D eigenvalue weighted by Crippen LogP contribution is 2.27. The van der Waals surface area contributed by atoms with E-state index in [0.29, 0.717) is 12.0 Å². The Morgan fingerprint density at radius 1 is 1.33 bits per heavy atom. The maximum absolute atomic E-state index is 12.2. The molecular weight excluding hydrogens is 366 g/mol. The maximum Gasteiger partial charge on any atom is 0.362 e. The molecule has 2 aromatic rings. The first kappa shape index (κ1) is 20.5. The van der Waals surface area contributed by atoms with E-state index in [0.717, 1.165) is 17.7 Å². The number of oxazole rings is 1. The van der Waals surface area contributed by atoms with Crippen LogP contribution >= 0.6 is 11.8 Å². The van der Waals surface area contributed by atoms with Crippen LogP contribution < -0.4 is 5.32 Å². The zero-order chi connectivity index (χ0) is 19.6. The number of nitriles is 1. The average molecular weight is 387 g/mol. The van der Waals surface area contributed by atoms with Gasteiger partial charge in [-0.05, 0) is 24.8 Å². The Kier molecular flexibility index (Phi) is 7.89. The second-order valence-corrected chi connectivity index (χ2v) is 6.51. The summed E-state index contributed by atoms with van der Waals surface area (Å²) >= 11 is 1.60. The third-order valence-corrected chi connectivity index (χ3v) is 4.42. The van der Waals surface area contributed by atoms with Crippen LogP contribution in [0.5, 0.6) is 0 Å². The van der Waals surface area contributed by atoms with Crippen LogP contribution in [0.4, 0.5) is 0 Å². The quantitative estimate of drug-likeness (QED) is 0.518. The fourth-order valence-corrected chi connectivity index (χ4v) is 2.69. The summed E-state index contributed by atoms with van der Waals surface area (Å²) in [6, 6.07) is 9.18. The molecule has 0 fully saturated rings. The van der Waals surface area contributed by atoms with Gasteiger partial charge in [0.05, 0.1) is 6.54 Å². The summed E-state index contributed by atoms with van der Waals surface area (Å²) in [5, 5.41) is 11.3. The average Bonchev–Trinajstić information content (AvgIpc) is 3.13. The third kappa shape index (κ3) is 5.86. The second kappa shape index (κ2) is 10.4. The van der Waals surface area contributed by atoms with E-state index in [4.69, 9.17) is 14.4 Å². The number of hydrogen-bond donors (Lipinski definition) is 1. The first-order valence-corrected chi connectivity index (χ1v) is 9.76. The summed E-state index contributed by atoms with van der Waals surface area (Å²) < 4.78 is 10.6. The molecule has 1 N–H and O–H groups in total. The lowest BCUT2D eigenvalue weighted by molar-refractivity contribution is -0.121. The molecule has 0 aliphatic rings. The van der Waals surface area contributed by atoms with Gasteiger partial charge in [-0.3, -0.25) is 4.79 Å². The summed E-state index contributed by atoms with van der Waals surface area (Å²) in [6.45, 7) is 1.71. The predicted octanol–water partition coefficient (Wildman–Crippen LogP) is 3.55. The van der Waals surface area contributed by atoms with Gasteiger partial charge in [0.15, 0.2) is 18.1 Å². The van der Waals surface area contributed by atoms with E-state index in [9.17, 15) is 9.59 Å². The number of hydrogen-bond acceptors (Lipinski definition) is 7. The van der Waals surface area contributed by atoms with E-state index in [1.54, 1.807) is 17.8 Å². The van der Waals surface area contributed by atoms with Crippen molar-refractivity contribution in [3.05, 3.63) is 35.9 Å². The van der Waals surface area contributed by atoms with Crippen molar-refractivity contribution in [3.8, 4) is 17.4 Å². The van der Waals surface area contributed by atoms with Gasteiger partial charge in [-0.15, -0.1) is 11.8 Å². The summed E-state index contributed by atoms with van der Waals surface area (Å²) in [5.41, 5.74) is 0.646. The lowest BCUT2D eigenvalue weighted by Crippen LogP contribution is -2.22. The van der Waals surface area contributed by atoms with E-state index in [1.807, 2.05) is 37.4 Å². The molecule has 0 saturated carbocycles. The molecule has 0 bridgehead atoms. The maximum atomic E-state index is 12.2. The molecule has 0 radical (unpaired) electrons. The highest BCUT2D eigenvalue weighted by molar-refractivity contribution is 7.98. The van der Waals surface area contributed by atoms with Crippen LogP contribution in [0.3, 0.4) is 0 Å². The zero-order valence-corrected chi connectivity index (χ0v) is 16.1. The summed E-state index contributed by atoms with van der Waals surface area (Å²) in [4.78, 5) is 29.2. The van der Waals surface area contributed by atoms with Crippen molar-refractivity contribution >= 4 is 23.6 Å². The lowest BCUT2D eigenvalue weighted by Gasteiger charge is -2.02. The highest BCUT2D eigenvalue weighted by Gasteiger charge is 2.23. The minimum atomic E-state index is -0.743. The number of rotatable bonds is 9. The summed E-state index contributed by atoms with van der Waals surface area (Å²) in [5.74, 6) is -0.390. The zero-order valence-electron chi connectivity index (χ0n) is 15.3. The number of aromatic nitrogens is 1. The second-order valence-electron chi connectivity index (χ2n) is 5.63. The fourth-order valence-electron chi connectivity index (χ4n) is 2.28. The molecule has 0 aliphatic carbocycles. The van der Waals surface area contributed by atoms with Gasteiger partial charge in [-0.25, -0.2) is 9.78 Å². The van der Waals surface area contributed by atoms with E-state index < -0.39 is 5.97 Å². The van der Waals surface area contributed by atoms with E-state index >= 15 is 0 Å². The highest BCUT2D eigenvalue weighted by atomic mass is 32.2. The molecule has 0 spiro atoms. The number of thioether (sulfide) groups is 1. The van der Waals surface area contributed by atoms with Crippen molar-refractivity contribution in [1.82, 2.24) is 10.3 Å². The van der Waals surface area contributed by atoms with E-state index in [-0.39, 0.29) is 36.4 Å². The molecule has 27 heavy (non-hydrogen) atoms. The molecule has 142 valence electrons. The topological polar surface area (TPSA) is 105 Å². The molecule has 2 rings (SSSR count). The minimum Gasteiger partial charge on any atom is -0.445 e. The number of esters is 1. The molecule has 1 aromatic carbocycles. The standard InChI is InChI=1S/C19H21N3O4S/c1-3-4-5-15(23)21-12-16-22-17(19(24)25-11-10-20)18(26-16)13-6-8-14(27-2)9-7-13/h6-9H,3-5,11-12H2,1-2H3,(H,21,23). The van der Waals surface area contributed by atoms with Gasteiger partial charge in [0.2, 0.25) is 11.8 Å². The van der Waals surface area contributed by atoms with Crippen molar-refractivity contribution < 1.29 is 18.7 Å². The Hall–Kier alpha value is -2.79. The van der Waals surface area contributed by atoms with E-state index in [1.165, 1.54) is 0 Å². The van der Waals surface area contributed by atoms with Gasteiger partial charge < -0.3 is 14.5 Å². The SMILES string of the molecule is CCCCC(=O)NCc1nc(C(=O)OCC#N)c(-c2ccc(SC)cc2)o1. The molecule has 0 atom stereocenters. The van der Waals surface area contributed by atoms with Crippen LogP contribution in [0.15, 0.2) is 33.6 Å². The van der Waals surface area contributed by atoms with Gasteiger partial charge in [0, 0.05) is 16.9 Å². The number of benzene rings is 1. The molecule has 7 nitrogen and oxygen atoms in total. The Morgan fingerprint density at radius 2 is 2.07 bits per heavy atom. The molecular formula is C19H21N3O4S. The van der Waals surface area contributed by atoms with Gasteiger partial charge in [-0.1, -0.05) is 25.5 Å². The largest absolute Gasteiger partial charge is 0.445 e. The number of nitrogens with zero attached hydrogens (tertiary/aromatic N) is 2. The number of carbonyl (C=O) groups excluding carboxylic acids is 2. The van der Waals surface area contributed by atoms with Crippen LogP contribution in [0.2, 0.25) is 0 Å². The first-order valence-electron chi connectivity index (χ1n) is 8.54. The Labute approximate surface area is 162 Å². The van der Waals surface area contributed by atoms with Crippen molar-refractivity contribution in [2.24, 2.45) is 0 Å². The monoisotopic (exact) mass is 387 g/mol. The number of amides is 1. The number of ether oxygens (including phenoxy) is 1. The number of nitrogens with one attached hydrogen (secondary N) is 1. The van der Waals surface area contributed by atoms with Crippen LogP contribution in [0.25, 0.3) is 11.3 Å². The van der Waals surface area contributed by atoms with Gasteiger partial charge in [0.1, 0.15) is 6.07 Å². The number of unbranched alkanes of at least 4 members (excludes halogenated alkanes) is 1. The van der Waals surface area contributed by atoms with Crippen LogP contribution in [0, 0.1) is 11.3 Å². The minimum absolute atomic E-state index is 0.0139. The van der Waals surface area contributed by atoms with Gasteiger partial charge in [-0.2, -0.15) is 5.26 Å². The molecule has 0 saturated heterocycles. The van der Waals surface area contributed by atoms with Crippen LogP contribution in [-0.2, 0) is 16.1 Å². The molecule has 0 unspecified atom stereocenters. The smallest absolute Gasteiger partial charge is 0.362 e. The van der Waals surface area contributed by atoms with Crippen molar-refractivity contribution in [3.63, 3.8) is 0 Å². The molecule has 8 heteroatoms. The number of carbonyl (C=O) groups is 2. The van der Waals surface area contributed by atoms with Gasteiger partial charge in [0.25, 0.3) is 0 Å². The lowest BCUT2D eigenvalue weighted by atomic mass is 10.1. The fraction of sp³-hybridized carbons (Fsp3) is 0.368. The molecule has 1 heterocycles. The van der Waals surface area contributed by atoms with Crippen molar-refractivity contribution in [2.75, 3.05) is 12.9 Å². The van der Waals surface area contributed by atoms with Crippen LogP contribution in [0.1, 0.15) is 42.6 Å². The van der Waals surface area contributed by atoms with E-state index in [2.05, 4.69) is 10.3 Å². The molecule has 1 aromatic heterocycles. The Balaban J connectivity index is 2.23.